The third-order valence-corrected chi connectivity index (χ3v) is 3.61. The molecule has 1 heterocycles. The lowest BCUT2D eigenvalue weighted by molar-refractivity contribution is -0.291. The second kappa shape index (κ2) is 6.87. The van der Waals surface area contributed by atoms with Crippen molar-refractivity contribution in [3.63, 3.8) is 0 Å². The number of rotatable bonds is 4. The summed E-state index contributed by atoms with van der Waals surface area (Å²) >= 11 is 0. The summed E-state index contributed by atoms with van der Waals surface area (Å²) in [5.41, 5.74) is -1.72. The molecule has 0 amide bonds. The van der Waals surface area contributed by atoms with Gasteiger partial charge in [-0.15, -0.1) is 0 Å². The number of aliphatic hydroxyl groups is 5. The molecule has 0 radical (unpaired) electrons. The van der Waals surface area contributed by atoms with E-state index in [1.807, 2.05) is 0 Å². The van der Waals surface area contributed by atoms with Gasteiger partial charge in [-0.25, -0.2) is 0 Å². The summed E-state index contributed by atoms with van der Waals surface area (Å²) in [4.78, 5) is 22.9. The molecule has 2 aliphatic rings. The monoisotopic (exact) mass is 330 g/mol. The summed E-state index contributed by atoms with van der Waals surface area (Å²) in [6, 6.07) is 0. The lowest BCUT2D eigenvalue weighted by Gasteiger charge is -2.39. The molecule has 9 nitrogen and oxygen atoms in total. The Bertz CT molecular complexity index is 510. The van der Waals surface area contributed by atoms with Crippen LogP contribution in [0.2, 0.25) is 0 Å². The van der Waals surface area contributed by atoms with Gasteiger partial charge in [0.15, 0.2) is 18.2 Å². The first-order valence-electron chi connectivity index (χ1n) is 6.90. The van der Waals surface area contributed by atoms with Crippen molar-refractivity contribution < 1.29 is 44.6 Å². The molecule has 23 heavy (non-hydrogen) atoms. The minimum absolute atomic E-state index is 0.340. The first kappa shape index (κ1) is 17.7. The first-order chi connectivity index (χ1) is 10.8. The number of carbonyl (C=O) groups excluding carboxylic acids is 2. The highest BCUT2D eigenvalue weighted by Gasteiger charge is 2.46. The Hall–Kier alpha value is -1.62. The number of hydrogen-bond donors (Lipinski definition) is 5. The highest BCUT2D eigenvalue weighted by molar-refractivity contribution is 6.00. The minimum atomic E-state index is -1.75. The predicted octanol–water partition coefficient (Wildman–Crippen LogP) is -2.85. The van der Waals surface area contributed by atoms with Crippen LogP contribution in [0.1, 0.15) is 6.42 Å². The SMILES string of the molecule is O=C1C=CC(O)(CC(=O)O[C@@H]2[C@@H](O)[C@H](O)[C@@H](CO)O[C@@H]2O)C=C1. The van der Waals surface area contributed by atoms with Crippen LogP contribution in [-0.2, 0) is 19.1 Å². The molecule has 5 atom stereocenters. The van der Waals surface area contributed by atoms with Gasteiger partial charge >= 0.3 is 5.97 Å². The van der Waals surface area contributed by atoms with Crippen molar-refractivity contribution >= 4 is 11.8 Å². The maximum atomic E-state index is 11.9. The van der Waals surface area contributed by atoms with Gasteiger partial charge in [-0.3, -0.25) is 9.59 Å². The molecule has 0 saturated carbocycles. The fourth-order valence-electron chi connectivity index (χ4n) is 2.31. The molecule has 1 saturated heterocycles. The van der Waals surface area contributed by atoms with Crippen molar-refractivity contribution in [3.05, 3.63) is 24.3 Å². The fraction of sp³-hybridized carbons (Fsp3) is 0.571. The lowest BCUT2D eigenvalue weighted by Crippen LogP contribution is -2.59. The third-order valence-electron chi connectivity index (χ3n) is 3.61. The molecule has 0 spiro atoms. The third kappa shape index (κ3) is 4.02. The quantitative estimate of drug-likeness (QED) is 0.343. The van der Waals surface area contributed by atoms with Gasteiger partial charge in [-0.2, -0.15) is 0 Å². The van der Waals surface area contributed by atoms with E-state index in [4.69, 9.17) is 14.6 Å². The Morgan fingerprint density at radius 1 is 1.22 bits per heavy atom. The summed E-state index contributed by atoms with van der Waals surface area (Å²) in [7, 11) is 0. The van der Waals surface area contributed by atoms with Gasteiger partial charge in [0.25, 0.3) is 0 Å². The Morgan fingerprint density at radius 2 is 1.83 bits per heavy atom. The van der Waals surface area contributed by atoms with E-state index in [2.05, 4.69) is 0 Å². The van der Waals surface area contributed by atoms with E-state index in [0.29, 0.717) is 0 Å². The minimum Gasteiger partial charge on any atom is -0.454 e. The summed E-state index contributed by atoms with van der Waals surface area (Å²) in [5.74, 6) is -1.33. The molecule has 5 N–H and O–H groups in total. The standard InChI is InChI=1S/C14H18O9/c15-6-8-10(18)11(19)12(13(20)22-8)23-9(17)5-14(21)3-1-7(16)2-4-14/h1-4,8,10-13,15,18-21H,5-6H2/t8-,10-,11+,12-,13+/m1/s1. The van der Waals surface area contributed by atoms with Gasteiger partial charge in [-0.1, -0.05) is 0 Å². The molecule has 0 unspecified atom stereocenters. The second-order valence-electron chi connectivity index (χ2n) is 5.42. The van der Waals surface area contributed by atoms with Crippen LogP contribution in [0.25, 0.3) is 0 Å². The van der Waals surface area contributed by atoms with Crippen molar-refractivity contribution in [2.24, 2.45) is 0 Å². The zero-order chi connectivity index (χ0) is 17.2. The fourth-order valence-corrected chi connectivity index (χ4v) is 2.31. The molecule has 0 aromatic heterocycles. The largest absolute Gasteiger partial charge is 0.454 e. The van der Waals surface area contributed by atoms with Gasteiger partial charge in [0.2, 0.25) is 0 Å². The average Bonchev–Trinajstić information content (AvgIpc) is 2.50. The normalized spacial score (nSPS) is 36.0. The molecule has 0 aromatic carbocycles. The van der Waals surface area contributed by atoms with Gasteiger partial charge in [0, 0.05) is 0 Å². The molecule has 1 aliphatic carbocycles. The van der Waals surface area contributed by atoms with E-state index in [9.17, 15) is 30.0 Å². The van der Waals surface area contributed by atoms with Crippen molar-refractivity contribution in [2.45, 2.75) is 42.7 Å². The molecule has 128 valence electrons. The van der Waals surface area contributed by atoms with E-state index in [1.54, 1.807) is 0 Å². The van der Waals surface area contributed by atoms with Crippen molar-refractivity contribution in [3.8, 4) is 0 Å². The van der Waals surface area contributed by atoms with Crippen LogP contribution in [0.4, 0.5) is 0 Å². The maximum Gasteiger partial charge on any atom is 0.309 e. The maximum absolute atomic E-state index is 11.9. The highest BCUT2D eigenvalue weighted by atomic mass is 16.7. The van der Waals surface area contributed by atoms with Crippen molar-refractivity contribution in [1.29, 1.82) is 0 Å². The zero-order valence-electron chi connectivity index (χ0n) is 12.0. The molecular weight excluding hydrogens is 312 g/mol. The lowest BCUT2D eigenvalue weighted by atomic mass is 9.94. The van der Waals surface area contributed by atoms with Gasteiger partial charge < -0.3 is 35.0 Å². The van der Waals surface area contributed by atoms with Crippen LogP contribution in [0.15, 0.2) is 24.3 Å². The van der Waals surface area contributed by atoms with E-state index in [1.165, 1.54) is 0 Å². The molecule has 9 heteroatoms. The molecule has 1 fully saturated rings. The summed E-state index contributed by atoms with van der Waals surface area (Å²) in [6.07, 6.45) is -3.91. The molecule has 0 bridgehead atoms. The molecule has 2 rings (SSSR count). The van der Waals surface area contributed by atoms with E-state index >= 15 is 0 Å². The highest BCUT2D eigenvalue weighted by Crippen LogP contribution is 2.24. The predicted molar refractivity (Wildman–Crippen MR) is 72.7 cm³/mol. The van der Waals surface area contributed by atoms with Gasteiger partial charge in [0.1, 0.15) is 23.9 Å². The van der Waals surface area contributed by atoms with Crippen LogP contribution in [0, 0.1) is 0 Å². The number of hydrogen-bond acceptors (Lipinski definition) is 9. The summed E-state index contributed by atoms with van der Waals surface area (Å²) < 4.78 is 9.70. The van der Waals surface area contributed by atoms with Gasteiger partial charge in [-0.05, 0) is 24.3 Å². The van der Waals surface area contributed by atoms with Crippen LogP contribution in [0.3, 0.4) is 0 Å². The smallest absolute Gasteiger partial charge is 0.309 e. The van der Waals surface area contributed by atoms with Crippen LogP contribution >= 0.6 is 0 Å². The van der Waals surface area contributed by atoms with E-state index in [0.717, 1.165) is 24.3 Å². The van der Waals surface area contributed by atoms with Crippen molar-refractivity contribution in [2.75, 3.05) is 6.61 Å². The Morgan fingerprint density at radius 3 is 2.39 bits per heavy atom. The number of aliphatic hydroxyl groups excluding tert-OH is 4. The number of allylic oxidation sites excluding steroid dienone is 2. The molecule has 0 aromatic rings. The van der Waals surface area contributed by atoms with Crippen LogP contribution < -0.4 is 0 Å². The summed E-state index contributed by atoms with van der Waals surface area (Å²) in [5, 5.41) is 48.3. The summed E-state index contributed by atoms with van der Waals surface area (Å²) in [6.45, 7) is -0.640. The van der Waals surface area contributed by atoms with Crippen LogP contribution in [0.5, 0.6) is 0 Å². The first-order valence-corrected chi connectivity index (χ1v) is 6.90. The van der Waals surface area contributed by atoms with Crippen molar-refractivity contribution in [1.82, 2.24) is 0 Å². The number of ether oxygens (including phenoxy) is 2. The number of esters is 1. The van der Waals surface area contributed by atoms with Gasteiger partial charge in [0.05, 0.1) is 13.0 Å². The average molecular weight is 330 g/mol. The van der Waals surface area contributed by atoms with Crippen LogP contribution in [-0.4, -0.2) is 80.2 Å². The Labute approximate surface area is 131 Å². The zero-order valence-corrected chi connectivity index (χ0v) is 12.0. The second-order valence-corrected chi connectivity index (χ2v) is 5.42. The topological polar surface area (TPSA) is 154 Å². The number of carbonyl (C=O) groups is 2. The van der Waals surface area contributed by atoms with E-state index in [-0.39, 0.29) is 5.78 Å². The van der Waals surface area contributed by atoms with E-state index < -0.39 is 55.3 Å². The number of ketones is 1. The Balaban J connectivity index is 1.98. The Kier molecular flexibility index (Phi) is 5.30. The molecular formula is C14H18O9. The molecule has 1 aliphatic heterocycles.